The van der Waals surface area contributed by atoms with Gasteiger partial charge >= 0.3 is 0 Å². The van der Waals surface area contributed by atoms with Gasteiger partial charge in [-0.05, 0) is 55.8 Å². The van der Waals surface area contributed by atoms with Crippen LogP contribution in [0.2, 0.25) is 0 Å². The summed E-state index contributed by atoms with van der Waals surface area (Å²) in [5.41, 5.74) is -0.417. The molecule has 1 aromatic heterocycles. The lowest BCUT2D eigenvalue weighted by molar-refractivity contribution is -0.168. The Labute approximate surface area is 157 Å². The molecule has 6 rings (SSSR count). The predicted molar refractivity (Wildman–Crippen MR) is 94.9 cm³/mol. The highest BCUT2D eigenvalue weighted by Gasteiger charge is 2.56. The molecule has 4 N–H and O–H groups in total. The van der Waals surface area contributed by atoms with E-state index in [-0.39, 0.29) is 54.7 Å². The molecule has 1 atom stereocenters. The number of hydrogen-bond donors (Lipinski definition) is 4. The van der Waals surface area contributed by atoms with Crippen LogP contribution in [0.5, 0.6) is 0 Å². The van der Waals surface area contributed by atoms with Gasteiger partial charge in [0, 0.05) is 19.2 Å². The van der Waals surface area contributed by atoms with Crippen molar-refractivity contribution in [2.75, 3.05) is 13.1 Å². The number of carbonyl (C=O) groups excluding carboxylic acids is 2. The first-order valence-corrected chi connectivity index (χ1v) is 9.97. The van der Waals surface area contributed by atoms with E-state index in [1.807, 2.05) is 0 Å². The van der Waals surface area contributed by atoms with Crippen LogP contribution in [-0.2, 0) is 6.54 Å². The zero-order valence-electron chi connectivity index (χ0n) is 15.2. The second-order valence-corrected chi connectivity index (χ2v) is 8.94. The van der Waals surface area contributed by atoms with Gasteiger partial charge in [0.1, 0.15) is 5.69 Å². The summed E-state index contributed by atoms with van der Waals surface area (Å²) in [7, 11) is 0. The summed E-state index contributed by atoms with van der Waals surface area (Å²) in [6.45, 7) is 0.567. The van der Waals surface area contributed by atoms with Crippen molar-refractivity contribution in [1.29, 1.82) is 0 Å². The molecule has 0 radical (unpaired) electrons. The smallest absolute Gasteiger partial charge is 0.271 e. The molecule has 1 aliphatic heterocycles. The molecule has 5 aliphatic rings. The highest BCUT2D eigenvalue weighted by Crippen LogP contribution is 2.58. The van der Waals surface area contributed by atoms with E-state index in [0.29, 0.717) is 0 Å². The van der Waals surface area contributed by atoms with E-state index in [1.54, 1.807) is 0 Å². The summed E-state index contributed by atoms with van der Waals surface area (Å²) in [4.78, 5) is 24.7. The van der Waals surface area contributed by atoms with Gasteiger partial charge in [0.15, 0.2) is 5.69 Å². The van der Waals surface area contributed by atoms with Gasteiger partial charge in [-0.15, -0.1) is 0 Å². The van der Waals surface area contributed by atoms with Crippen molar-refractivity contribution in [2.45, 2.75) is 50.4 Å². The minimum atomic E-state index is -0.826. The number of amides is 2. The van der Waals surface area contributed by atoms with Crippen molar-refractivity contribution >= 4 is 11.8 Å². The maximum atomic E-state index is 12.6. The lowest BCUT2D eigenvalue weighted by Crippen LogP contribution is -2.62. The molecule has 1 aromatic rings. The number of carbonyl (C=O) groups is 2. The SMILES string of the molecule is O=C(NCC1(O)C2CC3CC(C2)CC1C3)c1cc2n(n1)C[C@H](O)CNC2=O. The van der Waals surface area contributed by atoms with Gasteiger partial charge in [0.25, 0.3) is 11.8 Å². The van der Waals surface area contributed by atoms with Crippen molar-refractivity contribution in [2.24, 2.45) is 23.7 Å². The van der Waals surface area contributed by atoms with Crippen LogP contribution >= 0.6 is 0 Å². The minimum Gasteiger partial charge on any atom is -0.389 e. The molecule has 8 nitrogen and oxygen atoms in total. The van der Waals surface area contributed by atoms with E-state index in [2.05, 4.69) is 15.7 Å². The zero-order chi connectivity index (χ0) is 18.8. The largest absolute Gasteiger partial charge is 0.389 e. The van der Waals surface area contributed by atoms with E-state index >= 15 is 0 Å². The average Bonchev–Trinajstić information content (AvgIpc) is 3.00. The van der Waals surface area contributed by atoms with Gasteiger partial charge in [-0.2, -0.15) is 5.10 Å². The Kier molecular flexibility index (Phi) is 3.84. The van der Waals surface area contributed by atoms with Crippen molar-refractivity contribution in [1.82, 2.24) is 20.4 Å². The third-order valence-electron chi connectivity index (χ3n) is 7.21. The van der Waals surface area contributed by atoms with Crippen LogP contribution in [0.25, 0.3) is 0 Å². The second-order valence-electron chi connectivity index (χ2n) is 8.94. The molecule has 0 unspecified atom stereocenters. The molecule has 2 heterocycles. The van der Waals surface area contributed by atoms with E-state index in [0.717, 1.165) is 37.5 Å². The topological polar surface area (TPSA) is 116 Å². The Hall–Kier alpha value is -1.93. The Morgan fingerprint density at radius 2 is 1.93 bits per heavy atom. The minimum absolute atomic E-state index is 0.140. The van der Waals surface area contributed by atoms with Gasteiger partial charge in [0.2, 0.25) is 0 Å². The van der Waals surface area contributed by atoms with Crippen LogP contribution in [0.1, 0.15) is 53.1 Å². The molecule has 4 fully saturated rings. The number of rotatable bonds is 3. The number of β-amino-alcohol motifs (C(OH)–C–C–N with tert-alkyl or cyclic N) is 1. The summed E-state index contributed by atoms with van der Waals surface area (Å²) in [5, 5.41) is 30.8. The third kappa shape index (κ3) is 2.77. The van der Waals surface area contributed by atoms with E-state index in [4.69, 9.17) is 0 Å². The summed E-state index contributed by atoms with van der Waals surface area (Å²) < 4.78 is 1.37. The maximum absolute atomic E-state index is 12.6. The number of fused-ring (bicyclic) bond motifs is 1. The molecule has 4 bridgehead atoms. The van der Waals surface area contributed by atoms with E-state index in [9.17, 15) is 19.8 Å². The first-order valence-electron chi connectivity index (χ1n) is 9.97. The quantitative estimate of drug-likeness (QED) is 0.590. The molecule has 27 heavy (non-hydrogen) atoms. The zero-order valence-corrected chi connectivity index (χ0v) is 15.2. The second kappa shape index (κ2) is 6.04. The predicted octanol–water partition coefficient (Wildman–Crippen LogP) is -0.0956. The maximum Gasteiger partial charge on any atom is 0.271 e. The normalized spacial score (nSPS) is 39.6. The molecule has 0 spiro atoms. The highest BCUT2D eigenvalue weighted by atomic mass is 16.3. The Balaban J connectivity index is 1.30. The Bertz CT molecular complexity index is 761. The molecular formula is C19H26N4O4. The molecule has 0 aromatic carbocycles. The fourth-order valence-electron chi connectivity index (χ4n) is 6.02. The first-order chi connectivity index (χ1) is 12.9. The molecule has 2 amide bonds. The summed E-state index contributed by atoms with van der Waals surface area (Å²) in [6, 6.07) is 1.45. The molecule has 8 heteroatoms. The van der Waals surface area contributed by atoms with Gasteiger partial charge in [0.05, 0.1) is 18.2 Å². The van der Waals surface area contributed by atoms with Crippen LogP contribution in [0.4, 0.5) is 0 Å². The lowest BCUT2D eigenvalue weighted by Gasteiger charge is -2.58. The number of aliphatic hydroxyl groups excluding tert-OH is 1. The monoisotopic (exact) mass is 374 g/mol. The average molecular weight is 374 g/mol. The van der Waals surface area contributed by atoms with Gasteiger partial charge in [-0.1, -0.05) is 0 Å². The fourth-order valence-corrected chi connectivity index (χ4v) is 6.02. The van der Waals surface area contributed by atoms with Crippen LogP contribution < -0.4 is 10.6 Å². The van der Waals surface area contributed by atoms with Gasteiger partial charge < -0.3 is 20.8 Å². The Morgan fingerprint density at radius 1 is 1.26 bits per heavy atom. The highest BCUT2D eigenvalue weighted by molar-refractivity contribution is 5.98. The number of nitrogens with zero attached hydrogens (tertiary/aromatic N) is 2. The summed E-state index contributed by atoms with van der Waals surface area (Å²) in [6.07, 6.45) is 4.84. The molecule has 4 saturated carbocycles. The lowest BCUT2D eigenvalue weighted by atomic mass is 9.50. The van der Waals surface area contributed by atoms with Gasteiger partial charge in [-0.3, -0.25) is 14.3 Å². The molecule has 0 saturated heterocycles. The summed E-state index contributed by atoms with van der Waals surface area (Å²) in [5.74, 6) is 1.30. The molecular weight excluding hydrogens is 348 g/mol. The van der Waals surface area contributed by atoms with Crippen LogP contribution in [0.3, 0.4) is 0 Å². The molecule has 4 aliphatic carbocycles. The van der Waals surface area contributed by atoms with E-state index < -0.39 is 11.7 Å². The Morgan fingerprint density at radius 3 is 2.59 bits per heavy atom. The molecule has 146 valence electrons. The first kappa shape index (κ1) is 17.2. The van der Waals surface area contributed by atoms with Gasteiger partial charge in [-0.25, -0.2) is 0 Å². The number of aromatic nitrogens is 2. The van der Waals surface area contributed by atoms with Crippen molar-refractivity contribution in [3.05, 3.63) is 17.5 Å². The standard InChI is InChI=1S/C19H26N4O4/c24-14-7-20-18(26)16-6-15(22-23(16)8-14)17(25)21-9-19(27)12-2-10-1-11(4-12)5-13(19)3-10/h6,10-14,24,27H,1-5,7-9H2,(H,20,26)(H,21,25)/t10?,11?,12?,13?,14-,19?/m1/s1. The third-order valence-corrected chi connectivity index (χ3v) is 7.21. The van der Waals surface area contributed by atoms with Crippen LogP contribution in [0, 0.1) is 23.7 Å². The van der Waals surface area contributed by atoms with Crippen molar-refractivity contribution in [3.63, 3.8) is 0 Å². The number of nitrogens with one attached hydrogen (secondary N) is 2. The van der Waals surface area contributed by atoms with Crippen molar-refractivity contribution in [3.8, 4) is 0 Å². The van der Waals surface area contributed by atoms with Crippen molar-refractivity contribution < 1.29 is 19.8 Å². The number of aliphatic hydroxyl groups is 2. The number of hydrogen-bond acceptors (Lipinski definition) is 5. The summed E-state index contributed by atoms with van der Waals surface area (Å²) >= 11 is 0. The fraction of sp³-hybridized carbons (Fsp3) is 0.737. The van der Waals surface area contributed by atoms with Crippen LogP contribution in [0.15, 0.2) is 6.07 Å². The van der Waals surface area contributed by atoms with E-state index in [1.165, 1.54) is 17.2 Å². The van der Waals surface area contributed by atoms with Crippen LogP contribution in [-0.4, -0.2) is 56.6 Å².